The van der Waals surface area contributed by atoms with Gasteiger partial charge in [-0.1, -0.05) is 30.3 Å². The van der Waals surface area contributed by atoms with Crippen LogP contribution in [0.3, 0.4) is 0 Å². The number of para-hydroxylation sites is 2. The van der Waals surface area contributed by atoms with Gasteiger partial charge in [0, 0.05) is 5.56 Å². The lowest BCUT2D eigenvalue weighted by atomic mass is 10.2. The fourth-order valence-electron chi connectivity index (χ4n) is 2.53. The van der Waals surface area contributed by atoms with Crippen LogP contribution in [-0.4, -0.2) is 28.9 Å². The summed E-state index contributed by atoms with van der Waals surface area (Å²) in [6, 6.07) is 16.5. The summed E-state index contributed by atoms with van der Waals surface area (Å²) in [5.74, 6) is 1.15. The van der Waals surface area contributed by atoms with Crippen molar-refractivity contribution >= 4 is 5.97 Å². The summed E-state index contributed by atoms with van der Waals surface area (Å²) >= 11 is 0. The number of esters is 1. The van der Waals surface area contributed by atoms with E-state index in [1.165, 1.54) is 0 Å². The first-order valence-electron chi connectivity index (χ1n) is 8.18. The van der Waals surface area contributed by atoms with E-state index in [1.807, 2.05) is 42.5 Å². The number of aromatic nitrogens is 2. The predicted octanol–water partition coefficient (Wildman–Crippen LogP) is 3.18. The molecule has 2 heterocycles. The lowest BCUT2D eigenvalue weighted by Crippen LogP contribution is -2.38. The molecular formula is C19H16N2O5. The van der Waals surface area contributed by atoms with Crippen LogP contribution in [0.2, 0.25) is 0 Å². The zero-order valence-corrected chi connectivity index (χ0v) is 14.0. The highest BCUT2D eigenvalue weighted by Crippen LogP contribution is 2.31. The number of fused-ring (bicyclic) bond motifs is 1. The maximum absolute atomic E-state index is 12.4. The number of ether oxygens (including phenoxy) is 3. The molecule has 132 valence electrons. The van der Waals surface area contributed by atoms with Crippen LogP contribution in [-0.2, 0) is 9.53 Å². The second-order valence-electron chi connectivity index (χ2n) is 5.75. The van der Waals surface area contributed by atoms with Gasteiger partial charge in [-0.25, -0.2) is 4.79 Å². The molecular weight excluding hydrogens is 336 g/mol. The first-order valence-corrected chi connectivity index (χ1v) is 8.18. The lowest BCUT2D eigenvalue weighted by Gasteiger charge is -2.25. The van der Waals surface area contributed by atoms with Gasteiger partial charge in [-0.15, -0.1) is 10.2 Å². The van der Waals surface area contributed by atoms with Crippen molar-refractivity contribution in [1.82, 2.24) is 10.2 Å². The molecule has 0 amide bonds. The van der Waals surface area contributed by atoms with E-state index in [9.17, 15) is 4.79 Å². The Morgan fingerprint density at radius 1 is 1.08 bits per heavy atom. The summed E-state index contributed by atoms with van der Waals surface area (Å²) in [4.78, 5) is 12.4. The summed E-state index contributed by atoms with van der Waals surface area (Å²) in [5.41, 5.74) is 0.797. The summed E-state index contributed by atoms with van der Waals surface area (Å²) in [6.45, 7) is 1.75. The zero-order chi connectivity index (χ0) is 17.9. The predicted molar refractivity (Wildman–Crippen MR) is 90.6 cm³/mol. The maximum Gasteiger partial charge on any atom is 0.351 e. The molecule has 0 aliphatic carbocycles. The Bertz CT molecular complexity index is 909. The monoisotopic (exact) mass is 352 g/mol. The van der Waals surface area contributed by atoms with Crippen molar-refractivity contribution in [2.45, 2.75) is 19.1 Å². The van der Waals surface area contributed by atoms with E-state index < -0.39 is 18.2 Å². The fourth-order valence-corrected chi connectivity index (χ4v) is 2.53. The van der Waals surface area contributed by atoms with Gasteiger partial charge in [-0.2, -0.15) is 0 Å². The maximum atomic E-state index is 12.4. The van der Waals surface area contributed by atoms with Crippen LogP contribution in [0.25, 0.3) is 11.5 Å². The molecule has 2 aromatic carbocycles. The lowest BCUT2D eigenvalue weighted by molar-refractivity contribution is -0.160. The molecule has 0 unspecified atom stereocenters. The van der Waals surface area contributed by atoms with E-state index in [4.69, 9.17) is 18.6 Å². The van der Waals surface area contributed by atoms with Gasteiger partial charge in [0.1, 0.15) is 6.61 Å². The minimum absolute atomic E-state index is 0.0850. The molecule has 7 heteroatoms. The first kappa shape index (κ1) is 16.1. The van der Waals surface area contributed by atoms with Gasteiger partial charge in [-0.05, 0) is 31.2 Å². The van der Waals surface area contributed by atoms with E-state index in [1.54, 1.807) is 19.1 Å². The van der Waals surface area contributed by atoms with Gasteiger partial charge >= 0.3 is 5.97 Å². The summed E-state index contributed by atoms with van der Waals surface area (Å²) in [6.07, 6.45) is -1.54. The highest BCUT2D eigenvalue weighted by atomic mass is 16.6. The van der Waals surface area contributed by atoms with E-state index in [-0.39, 0.29) is 12.5 Å². The average molecular weight is 352 g/mol. The third kappa shape index (κ3) is 3.23. The Hall–Kier alpha value is -3.35. The summed E-state index contributed by atoms with van der Waals surface area (Å²) < 4.78 is 22.2. The van der Waals surface area contributed by atoms with Crippen molar-refractivity contribution in [3.05, 3.63) is 60.5 Å². The van der Waals surface area contributed by atoms with Crippen molar-refractivity contribution in [2.75, 3.05) is 6.61 Å². The van der Waals surface area contributed by atoms with Crippen LogP contribution in [0.5, 0.6) is 11.5 Å². The van der Waals surface area contributed by atoms with Crippen LogP contribution in [0, 0.1) is 0 Å². The SMILES string of the molecule is C[C@H](OC(=O)[C@H]1COc2ccccc2O1)c1nnc(-c2ccccc2)o1. The molecule has 1 aliphatic rings. The van der Waals surface area contributed by atoms with Crippen molar-refractivity contribution < 1.29 is 23.4 Å². The topological polar surface area (TPSA) is 83.7 Å². The van der Waals surface area contributed by atoms with Crippen molar-refractivity contribution in [1.29, 1.82) is 0 Å². The van der Waals surface area contributed by atoms with Gasteiger partial charge in [0.15, 0.2) is 17.6 Å². The van der Waals surface area contributed by atoms with E-state index >= 15 is 0 Å². The minimum atomic E-state index is -0.844. The number of nitrogens with zero attached hydrogens (tertiary/aromatic N) is 2. The summed E-state index contributed by atoms with van der Waals surface area (Å²) in [5, 5.41) is 7.95. The molecule has 0 saturated heterocycles. The third-order valence-corrected chi connectivity index (χ3v) is 3.87. The second-order valence-corrected chi connectivity index (χ2v) is 5.75. The number of hydrogen-bond acceptors (Lipinski definition) is 7. The number of rotatable bonds is 4. The van der Waals surface area contributed by atoms with Crippen LogP contribution in [0.4, 0.5) is 0 Å². The molecule has 26 heavy (non-hydrogen) atoms. The standard InChI is InChI=1S/C19H16N2O5/c1-12(17-20-21-18(26-17)13-7-3-2-4-8-13)24-19(22)16-11-23-14-9-5-6-10-15(14)25-16/h2-10,12,16H,11H2,1H3/t12-,16+/m0/s1. The van der Waals surface area contributed by atoms with Crippen molar-refractivity contribution in [2.24, 2.45) is 0 Å². The highest BCUT2D eigenvalue weighted by molar-refractivity contribution is 5.76. The Kier molecular flexibility index (Phi) is 4.27. The Morgan fingerprint density at radius 3 is 2.62 bits per heavy atom. The molecule has 2 atom stereocenters. The number of hydrogen-bond donors (Lipinski definition) is 0. The minimum Gasteiger partial charge on any atom is -0.485 e. The molecule has 7 nitrogen and oxygen atoms in total. The molecule has 0 saturated carbocycles. The third-order valence-electron chi connectivity index (χ3n) is 3.87. The van der Waals surface area contributed by atoms with Gasteiger partial charge in [0.2, 0.25) is 12.0 Å². The molecule has 0 N–H and O–H groups in total. The molecule has 1 aliphatic heterocycles. The van der Waals surface area contributed by atoms with E-state index in [0.29, 0.717) is 17.4 Å². The molecule has 0 radical (unpaired) electrons. The van der Waals surface area contributed by atoms with E-state index in [2.05, 4.69) is 10.2 Å². The molecule has 1 aromatic heterocycles. The first-order chi connectivity index (χ1) is 12.7. The van der Waals surface area contributed by atoms with Gasteiger partial charge in [0.05, 0.1) is 0 Å². The number of carbonyl (C=O) groups excluding carboxylic acids is 1. The van der Waals surface area contributed by atoms with Crippen LogP contribution in [0.1, 0.15) is 18.9 Å². The van der Waals surface area contributed by atoms with Crippen LogP contribution < -0.4 is 9.47 Å². The quantitative estimate of drug-likeness (QED) is 0.667. The molecule has 0 spiro atoms. The largest absolute Gasteiger partial charge is 0.485 e. The van der Waals surface area contributed by atoms with Gasteiger partial charge < -0.3 is 18.6 Å². The summed E-state index contributed by atoms with van der Waals surface area (Å²) in [7, 11) is 0. The smallest absolute Gasteiger partial charge is 0.351 e. The number of benzene rings is 2. The second kappa shape index (κ2) is 6.87. The Labute approximate surface area is 149 Å². The Morgan fingerprint density at radius 2 is 1.81 bits per heavy atom. The van der Waals surface area contributed by atoms with Crippen molar-refractivity contribution in [3.8, 4) is 23.0 Å². The van der Waals surface area contributed by atoms with E-state index in [0.717, 1.165) is 5.56 Å². The number of carbonyl (C=O) groups is 1. The molecule has 0 fully saturated rings. The van der Waals surface area contributed by atoms with Gasteiger partial charge in [-0.3, -0.25) is 0 Å². The fraction of sp³-hybridized carbons (Fsp3) is 0.211. The normalized spacial score (nSPS) is 16.7. The molecule has 4 rings (SSSR count). The molecule has 3 aromatic rings. The Balaban J connectivity index is 1.41. The zero-order valence-electron chi connectivity index (χ0n) is 14.0. The molecule has 0 bridgehead atoms. The van der Waals surface area contributed by atoms with Gasteiger partial charge in [0.25, 0.3) is 5.89 Å². The van der Waals surface area contributed by atoms with Crippen molar-refractivity contribution in [3.63, 3.8) is 0 Å². The average Bonchev–Trinajstić information content (AvgIpc) is 3.18. The highest BCUT2D eigenvalue weighted by Gasteiger charge is 2.31. The van der Waals surface area contributed by atoms with Crippen LogP contribution >= 0.6 is 0 Å². The van der Waals surface area contributed by atoms with Crippen LogP contribution in [0.15, 0.2) is 59.0 Å².